The average Bonchev–Trinajstić information content (AvgIpc) is 3.21. The summed E-state index contributed by atoms with van der Waals surface area (Å²) in [6, 6.07) is 7.29. The minimum atomic E-state index is -4.78. The van der Waals surface area contributed by atoms with Gasteiger partial charge < -0.3 is 15.5 Å². The molecule has 2 aromatic rings. The number of benzene rings is 2. The van der Waals surface area contributed by atoms with Crippen molar-refractivity contribution < 1.29 is 31.5 Å². The van der Waals surface area contributed by atoms with Crippen LogP contribution < -0.4 is 26.0 Å². The van der Waals surface area contributed by atoms with Crippen LogP contribution in [0.1, 0.15) is 39.5 Å². The predicted octanol–water partition coefficient (Wildman–Crippen LogP) is 3.64. The molecule has 0 saturated heterocycles. The third-order valence-electron chi connectivity index (χ3n) is 6.09. The average molecular weight is 565 g/mol. The predicted molar refractivity (Wildman–Crippen MR) is 142 cm³/mol. The van der Waals surface area contributed by atoms with Crippen LogP contribution in [0.4, 0.5) is 33.3 Å². The number of anilines is 2. The van der Waals surface area contributed by atoms with Crippen molar-refractivity contribution in [3.8, 4) is 11.8 Å². The van der Waals surface area contributed by atoms with E-state index in [9.17, 15) is 31.5 Å². The maximum absolute atomic E-state index is 14.1. The topological polar surface area (TPSA) is 89.1 Å². The first-order valence-corrected chi connectivity index (χ1v) is 12.1. The van der Waals surface area contributed by atoms with Crippen LogP contribution >= 0.6 is 0 Å². The molecule has 1 heterocycles. The zero-order valence-corrected chi connectivity index (χ0v) is 22.3. The van der Waals surface area contributed by atoms with Crippen molar-refractivity contribution in [1.29, 1.82) is 0 Å². The number of hydrazine groups is 1. The number of nitrogens with one attached hydrogen (secondary N) is 3. The summed E-state index contributed by atoms with van der Waals surface area (Å²) in [6.45, 7) is 0.593. The fourth-order valence-corrected chi connectivity index (χ4v) is 4.34. The molecule has 0 aromatic heterocycles. The molecule has 3 rings (SSSR count). The van der Waals surface area contributed by atoms with Crippen LogP contribution in [0.15, 0.2) is 35.3 Å². The molecule has 13 heteroatoms. The highest BCUT2D eigenvalue weighted by Crippen LogP contribution is 2.42. The molecule has 214 valence electrons. The van der Waals surface area contributed by atoms with Gasteiger partial charge in [0.2, 0.25) is 0 Å². The molecule has 0 fully saturated rings. The summed E-state index contributed by atoms with van der Waals surface area (Å²) in [5.74, 6) is -0.527. The number of alkyl halides is 5. The van der Waals surface area contributed by atoms with Gasteiger partial charge in [0.05, 0.1) is 36.6 Å². The summed E-state index contributed by atoms with van der Waals surface area (Å²) < 4.78 is 70.6. The van der Waals surface area contributed by atoms with Gasteiger partial charge in [-0.3, -0.25) is 25.0 Å². The Hall–Kier alpha value is -4.18. The highest BCUT2D eigenvalue weighted by Gasteiger charge is 2.41. The second-order valence-corrected chi connectivity index (χ2v) is 9.09. The van der Waals surface area contributed by atoms with Crippen LogP contribution in [0.5, 0.6) is 0 Å². The van der Waals surface area contributed by atoms with Crippen LogP contribution in [0.3, 0.4) is 0 Å². The molecule has 0 unspecified atom stereocenters. The number of hydrogen-bond acceptors (Lipinski definition) is 5. The molecule has 1 aliphatic rings. The van der Waals surface area contributed by atoms with Crippen molar-refractivity contribution in [2.75, 3.05) is 37.1 Å². The van der Waals surface area contributed by atoms with E-state index in [-0.39, 0.29) is 29.8 Å². The Labute approximate surface area is 228 Å². The number of nitrogens with zero attached hydrogens (tertiary/aromatic N) is 3. The molecular formula is C27H29F5N6O2. The molecular weight excluding hydrogens is 535 g/mol. The van der Waals surface area contributed by atoms with Gasteiger partial charge >= 0.3 is 6.18 Å². The summed E-state index contributed by atoms with van der Waals surface area (Å²) in [4.78, 5) is 29.9. The number of carbonyl (C=O) groups is 2. The fourth-order valence-electron chi connectivity index (χ4n) is 4.34. The molecule has 0 aliphatic carbocycles. The van der Waals surface area contributed by atoms with Gasteiger partial charge in [-0.15, -0.1) is 0 Å². The van der Waals surface area contributed by atoms with E-state index in [4.69, 9.17) is 0 Å². The maximum atomic E-state index is 14.1. The van der Waals surface area contributed by atoms with Gasteiger partial charge in [0.15, 0.2) is 0 Å². The normalized spacial score (nSPS) is 13.2. The van der Waals surface area contributed by atoms with Crippen LogP contribution in [-0.2, 0) is 24.1 Å². The lowest BCUT2D eigenvalue weighted by Gasteiger charge is -2.27. The third kappa shape index (κ3) is 7.06. The molecule has 0 bridgehead atoms. The minimum absolute atomic E-state index is 0.0142. The van der Waals surface area contributed by atoms with Crippen molar-refractivity contribution in [3.63, 3.8) is 0 Å². The van der Waals surface area contributed by atoms with Crippen molar-refractivity contribution in [2.45, 2.75) is 39.0 Å². The molecule has 0 radical (unpaired) electrons. The van der Waals surface area contributed by atoms with E-state index in [0.29, 0.717) is 11.4 Å². The molecule has 0 spiro atoms. The van der Waals surface area contributed by atoms with E-state index in [0.717, 1.165) is 11.6 Å². The van der Waals surface area contributed by atoms with Crippen LogP contribution in [0, 0.1) is 18.8 Å². The summed E-state index contributed by atoms with van der Waals surface area (Å²) >= 11 is 0. The minimum Gasteiger partial charge on any atom is -0.339 e. The quantitative estimate of drug-likeness (QED) is 0.135. The number of rotatable bonds is 10. The Morgan fingerprint density at radius 2 is 1.93 bits per heavy atom. The highest BCUT2D eigenvalue weighted by atomic mass is 19.4. The van der Waals surface area contributed by atoms with Crippen LogP contribution in [-0.4, -0.2) is 51.3 Å². The number of carbonyl (C=O) groups excluding carboxylic acids is 2. The van der Waals surface area contributed by atoms with Gasteiger partial charge in [0.25, 0.3) is 17.7 Å². The first kappa shape index (κ1) is 30.4. The number of amides is 2. The first-order valence-electron chi connectivity index (χ1n) is 12.1. The SMILES string of the molecule is CC#CC(=O)NCC(F)(F)CNCc1cc2c(c(C(F)(F)F)c1)CN(c1cccc(C)c1N(C)NC=NC)C2=O. The molecule has 8 nitrogen and oxygen atoms in total. The van der Waals surface area contributed by atoms with E-state index in [1.165, 1.54) is 24.2 Å². The van der Waals surface area contributed by atoms with Crippen LogP contribution in [0.2, 0.25) is 0 Å². The lowest BCUT2D eigenvalue weighted by Crippen LogP contribution is -2.43. The molecule has 2 aromatic carbocycles. The van der Waals surface area contributed by atoms with Gasteiger partial charge in [0, 0.05) is 26.2 Å². The molecule has 2 amide bonds. The first-order chi connectivity index (χ1) is 18.8. The summed E-state index contributed by atoms with van der Waals surface area (Å²) in [7, 11) is 3.25. The Morgan fingerprint density at radius 1 is 1.20 bits per heavy atom. The zero-order valence-electron chi connectivity index (χ0n) is 22.3. The Morgan fingerprint density at radius 3 is 2.58 bits per heavy atom. The largest absolute Gasteiger partial charge is 0.416 e. The Bertz CT molecular complexity index is 1360. The number of aliphatic imine (C=N–C) groups is 1. The van der Waals surface area contributed by atoms with Crippen molar-refractivity contribution in [2.24, 2.45) is 4.99 Å². The second-order valence-electron chi connectivity index (χ2n) is 9.09. The second kappa shape index (κ2) is 12.3. The van der Waals surface area contributed by atoms with Gasteiger partial charge in [-0.1, -0.05) is 18.1 Å². The van der Waals surface area contributed by atoms with Crippen molar-refractivity contribution in [1.82, 2.24) is 16.1 Å². The Balaban J connectivity index is 1.87. The van der Waals surface area contributed by atoms with Gasteiger partial charge in [-0.05, 0) is 54.7 Å². The number of fused-ring (bicyclic) bond motifs is 1. The molecule has 0 saturated carbocycles. The van der Waals surface area contributed by atoms with E-state index in [2.05, 4.69) is 27.6 Å². The lowest BCUT2D eigenvalue weighted by molar-refractivity contribution is -0.138. The number of hydrogen-bond donors (Lipinski definition) is 3. The maximum Gasteiger partial charge on any atom is 0.416 e. The monoisotopic (exact) mass is 564 g/mol. The van der Waals surface area contributed by atoms with Crippen LogP contribution in [0.25, 0.3) is 0 Å². The van der Waals surface area contributed by atoms with E-state index in [1.54, 1.807) is 44.2 Å². The molecule has 3 N–H and O–H groups in total. The third-order valence-corrected chi connectivity index (χ3v) is 6.09. The van der Waals surface area contributed by atoms with Crippen molar-refractivity contribution in [3.05, 3.63) is 58.1 Å². The molecule has 40 heavy (non-hydrogen) atoms. The number of halogens is 5. The van der Waals surface area contributed by atoms with Gasteiger partial charge in [-0.2, -0.15) is 13.2 Å². The van der Waals surface area contributed by atoms with Gasteiger partial charge in [-0.25, -0.2) is 8.78 Å². The van der Waals surface area contributed by atoms with Gasteiger partial charge in [0.1, 0.15) is 6.34 Å². The lowest BCUT2D eigenvalue weighted by atomic mass is 9.99. The summed E-state index contributed by atoms with van der Waals surface area (Å²) in [5, 5.41) is 5.99. The number of aryl methyl sites for hydroxylation is 1. The zero-order chi connectivity index (χ0) is 29.7. The molecule has 0 atom stereocenters. The van der Waals surface area contributed by atoms with Crippen molar-refractivity contribution >= 4 is 29.5 Å². The Kier molecular flexibility index (Phi) is 9.36. The van der Waals surface area contributed by atoms with E-state index < -0.39 is 42.6 Å². The fraction of sp³-hybridized carbons (Fsp3) is 0.370. The van der Waals surface area contributed by atoms with E-state index >= 15 is 0 Å². The number of para-hydroxylation sites is 1. The highest BCUT2D eigenvalue weighted by molar-refractivity contribution is 6.12. The van der Waals surface area contributed by atoms with E-state index in [1.807, 2.05) is 5.32 Å². The smallest absolute Gasteiger partial charge is 0.339 e. The molecule has 1 aliphatic heterocycles. The summed E-state index contributed by atoms with van der Waals surface area (Å²) in [6.07, 6.45) is -3.36. The summed E-state index contributed by atoms with van der Waals surface area (Å²) in [5.41, 5.74) is 3.31. The standard InChI is InChI=1S/C27H29F5N6O2/c1-5-7-23(39)35-15-26(28,29)14-34-12-18-10-19-20(21(11-18)27(30,31)32)13-38(25(19)40)22-9-6-8-17(2)24(22)37(4)36-16-33-3/h6,8-11,16,34H,12-15H2,1-4H3,(H,33,36)(H,35,39).